The van der Waals surface area contributed by atoms with E-state index in [0.29, 0.717) is 18.5 Å². The maximum Gasteiger partial charge on any atom is 0.189 e. The molecule has 1 fully saturated rings. The van der Waals surface area contributed by atoms with Crippen LogP contribution in [0.3, 0.4) is 0 Å². The zero-order valence-corrected chi connectivity index (χ0v) is 15.1. The average molecular weight is 413 g/mol. The highest BCUT2D eigenvalue weighted by Crippen LogP contribution is 2.19. The van der Waals surface area contributed by atoms with Gasteiger partial charge in [0, 0.05) is 11.4 Å². The van der Waals surface area contributed by atoms with Crippen LogP contribution < -0.4 is 11.1 Å². The maximum absolute atomic E-state index is 5.99. The summed E-state index contributed by atoms with van der Waals surface area (Å²) in [6.45, 7) is 0.486. The minimum absolute atomic E-state index is 0. The van der Waals surface area contributed by atoms with Gasteiger partial charge in [-0.15, -0.1) is 24.0 Å². The van der Waals surface area contributed by atoms with Gasteiger partial charge in [-0.05, 0) is 25.0 Å². The topological polar surface area (TPSA) is 63.5 Å². The Hall–Kier alpha value is -1.24. The van der Waals surface area contributed by atoms with Crippen molar-refractivity contribution >= 4 is 40.9 Å². The normalized spacial score (nSPS) is 17.0. The smallest absolute Gasteiger partial charge is 0.189 e. The predicted molar refractivity (Wildman–Crippen MR) is 102 cm³/mol. The summed E-state index contributed by atoms with van der Waals surface area (Å²) in [5.41, 5.74) is 6.90. The van der Waals surface area contributed by atoms with Crippen molar-refractivity contribution in [1.82, 2.24) is 5.32 Å². The number of nitrogens with two attached hydrogens (primary N) is 1. The lowest BCUT2D eigenvalue weighted by atomic mass is 10.1. The standard InChI is InChI=1S/C17H23N3O.HI/c18-17(20-14-8-3-1-2-4-9-14)19-12-15-11-13-7-5-6-10-16(13)21-15;/h5-7,10-11,14H,1-4,8-9,12H2,(H3,18,19,20);1H. The predicted octanol–water partition coefficient (Wildman–Crippen LogP) is 4.18. The summed E-state index contributed by atoms with van der Waals surface area (Å²) >= 11 is 0. The summed E-state index contributed by atoms with van der Waals surface area (Å²) in [6, 6.07) is 10.5. The number of fused-ring (bicyclic) bond motifs is 1. The largest absolute Gasteiger partial charge is 0.459 e. The van der Waals surface area contributed by atoms with Crippen LogP contribution in [0.4, 0.5) is 0 Å². The van der Waals surface area contributed by atoms with E-state index in [1.807, 2.05) is 30.3 Å². The second-order valence-electron chi connectivity index (χ2n) is 5.78. The monoisotopic (exact) mass is 413 g/mol. The number of hydrogen-bond donors (Lipinski definition) is 2. The van der Waals surface area contributed by atoms with E-state index in [0.717, 1.165) is 16.7 Å². The molecule has 0 unspecified atom stereocenters. The highest BCUT2D eigenvalue weighted by Gasteiger charge is 2.12. The third-order valence-corrected chi connectivity index (χ3v) is 4.09. The summed E-state index contributed by atoms with van der Waals surface area (Å²) in [4.78, 5) is 4.40. The number of aliphatic imine (C=N–C) groups is 1. The molecule has 22 heavy (non-hydrogen) atoms. The lowest BCUT2D eigenvalue weighted by Gasteiger charge is -2.16. The van der Waals surface area contributed by atoms with Gasteiger partial charge in [-0.3, -0.25) is 0 Å². The third-order valence-electron chi connectivity index (χ3n) is 4.09. The number of nitrogens with zero attached hydrogens (tertiary/aromatic N) is 1. The Morgan fingerprint density at radius 2 is 1.91 bits per heavy atom. The molecule has 4 nitrogen and oxygen atoms in total. The second-order valence-corrected chi connectivity index (χ2v) is 5.78. The Balaban J connectivity index is 0.00000176. The Kier molecular flexibility index (Phi) is 6.54. The van der Waals surface area contributed by atoms with Gasteiger partial charge in [0.15, 0.2) is 5.96 Å². The van der Waals surface area contributed by atoms with Gasteiger partial charge >= 0.3 is 0 Å². The van der Waals surface area contributed by atoms with E-state index in [9.17, 15) is 0 Å². The molecule has 0 aliphatic heterocycles. The van der Waals surface area contributed by atoms with Crippen molar-refractivity contribution in [2.45, 2.75) is 51.1 Å². The fraction of sp³-hybridized carbons (Fsp3) is 0.471. The molecule has 0 saturated heterocycles. The summed E-state index contributed by atoms with van der Waals surface area (Å²) in [5, 5.41) is 4.46. The number of nitrogens with one attached hydrogen (secondary N) is 1. The molecule has 0 atom stereocenters. The maximum atomic E-state index is 5.99. The molecule has 120 valence electrons. The van der Waals surface area contributed by atoms with Crippen LogP contribution in [0.1, 0.15) is 44.3 Å². The van der Waals surface area contributed by atoms with Gasteiger partial charge in [-0.1, -0.05) is 43.9 Å². The molecule has 1 aliphatic carbocycles. The van der Waals surface area contributed by atoms with E-state index >= 15 is 0 Å². The van der Waals surface area contributed by atoms with Crippen LogP contribution in [0.2, 0.25) is 0 Å². The van der Waals surface area contributed by atoms with Gasteiger partial charge in [0.2, 0.25) is 0 Å². The molecule has 0 amide bonds. The molecule has 2 aromatic rings. The molecule has 3 rings (SSSR count). The average Bonchev–Trinajstić information content (AvgIpc) is 2.74. The van der Waals surface area contributed by atoms with Gasteiger partial charge in [0.1, 0.15) is 17.9 Å². The molecule has 1 saturated carbocycles. The zero-order valence-electron chi connectivity index (χ0n) is 12.8. The van der Waals surface area contributed by atoms with Gasteiger partial charge in [0.05, 0.1) is 0 Å². The Labute approximate surface area is 148 Å². The zero-order chi connectivity index (χ0) is 14.5. The van der Waals surface area contributed by atoms with Crippen LogP contribution in [0.25, 0.3) is 11.0 Å². The molecule has 1 aromatic carbocycles. The molecule has 1 aromatic heterocycles. The second kappa shape index (κ2) is 8.41. The molecule has 3 N–H and O–H groups in total. The van der Waals surface area contributed by atoms with Crippen LogP contribution in [-0.2, 0) is 6.54 Å². The quantitative estimate of drug-likeness (QED) is 0.344. The van der Waals surface area contributed by atoms with Crippen LogP contribution in [0.5, 0.6) is 0 Å². The summed E-state index contributed by atoms with van der Waals surface area (Å²) in [7, 11) is 0. The molecule has 5 heteroatoms. The number of para-hydroxylation sites is 1. The summed E-state index contributed by atoms with van der Waals surface area (Å²) in [6.07, 6.45) is 7.65. The van der Waals surface area contributed by atoms with E-state index in [1.165, 1.54) is 38.5 Å². The molecule has 0 bridgehead atoms. The first-order valence-corrected chi connectivity index (χ1v) is 7.85. The van der Waals surface area contributed by atoms with Crippen molar-refractivity contribution in [3.8, 4) is 0 Å². The van der Waals surface area contributed by atoms with Crippen molar-refractivity contribution in [2.75, 3.05) is 0 Å². The molecule has 0 spiro atoms. The fourth-order valence-corrected chi connectivity index (χ4v) is 2.96. The van der Waals surface area contributed by atoms with Gasteiger partial charge in [-0.25, -0.2) is 4.99 Å². The summed E-state index contributed by atoms with van der Waals surface area (Å²) < 4.78 is 5.74. The van der Waals surface area contributed by atoms with E-state index in [1.54, 1.807) is 0 Å². The molecular formula is C17H24IN3O. The van der Waals surface area contributed by atoms with Crippen LogP contribution in [0.15, 0.2) is 39.7 Å². The van der Waals surface area contributed by atoms with Crippen molar-refractivity contribution in [3.05, 3.63) is 36.1 Å². The van der Waals surface area contributed by atoms with Crippen molar-refractivity contribution in [1.29, 1.82) is 0 Å². The first kappa shape index (κ1) is 17.1. The Bertz CT molecular complexity index is 582. The molecular weight excluding hydrogens is 389 g/mol. The van der Waals surface area contributed by atoms with E-state index in [-0.39, 0.29) is 24.0 Å². The van der Waals surface area contributed by atoms with E-state index in [2.05, 4.69) is 10.3 Å². The number of hydrogen-bond acceptors (Lipinski definition) is 2. The number of furan rings is 1. The SMILES string of the molecule is I.NC(=NCc1cc2ccccc2o1)NC1CCCCCC1. The van der Waals surface area contributed by atoms with Gasteiger partial charge < -0.3 is 15.5 Å². The van der Waals surface area contributed by atoms with Crippen molar-refractivity contribution < 1.29 is 4.42 Å². The number of halogens is 1. The molecule has 0 radical (unpaired) electrons. The summed E-state index contributed by atoms with van der Waals surface area (Å²) in [5.74, 6) is 1.38. The first-order valence-electron chi connectivity index (χ1n) is 7.85. The lowest BCUT2D eigenvalue weighted by Crippen LogP contribution is -2.39. The highest BCUT2D eigenvalue weighted by molar-refractivity contribution is 14.0. The lowest BCUT2D eigenvalue weighted by molar-refractivity contribution is 0.526. The first-order chi connectivity index (χ1) is 10.3. The number of guanidine groups is 1. The van der Waals surface area contributed by atoms with Crippen LogP contribution >= 0.6 is 24.0 Å². The van der Waals surface area contributed by atoms with Gasteiger partial charge in [0.25, 0.3) is 0 Å². The number of rotatable bonds is 3. The van der Waals surface area contributed by atoms with Crippen molar-refractivity contribution in [3.63, 3.8) is 0 Å². The minimum Gasteiger partial charge on any atom is -0.459 e. The molecule has 1 heterocycles. The van der Waals surface area contributed by atoms with Gasteiger partial charge in [-0.2, -0.15) is 0 Å². The van der Waals surface area contributed by atoms with Crippen LogP contribution in [0, 0.1) is 0 Å². The number of benzene rings is 1. The third kappa shape index (κ3) is 4.63. The minimum atomic E-state index is 0. The van der Waals surface area contributed by atoms with E-state index < -0.39 is 0 Å². The Morgan fingerprint density at radius 3 is 2.64 bits per heavy atom. The van der Waals surface area contributed by atoms with E-state index in [4.69, 9.17) is 10.2 Å². The fourth-order valence-electron chi connectivity index (χ4n) is 2.96. The van der Waals surface area contributed by atoms with Crippen LogP contribution in [-0.4, -0.2) is 12.0 Å². The Morgan fingerprint density at radius 1 is 1.18 bits per heavy atom. The highest BCUT2D eigenvalue weighted by atomic mass is 127. The molecule has 1 aliphatic rings. The van der Waals surface area contributed by atoms with Crippen molar-refractivity contribution in [2.24, 2.45) is 10.7 Å².